The summed E-state index contributed by atoms with van der Waals surface area (Å²) >= 11 is 0. The van der Waals surface area contributed by atoms with Gasteiger partial charge in [-0.15, -0.1) is 0 Å². The number of amides is 2. The van der Waals surface area contributed by atoms with Crippen LogP contribution in [0.3, 0.4) is 0 Å². The van der Waals surface area contributed by atoms with Crippen molar-refractivity contribution in [1.82, 2.24) is 15.5 Å². The van der Waals surface area contributed by atoms with Gasteiger partial charge in [0, 0.05) is 25.8 Å². The van der Waals surface area contributed by atoms with E-state index in [-0.39, 0.29) is 59.3 Å². The Kier molecular flexibility index (Phi) is 8.52. The second-order valence-corrected chi connectivity index (χ2v) is 8.98. The van der Waals surface area contributed by atoms with Crippen molar-refractivity contribution in [3.8, 4) is 5.75 Å². The number of hydrogen-bond acceptors (Lipinski definition) is 6. The number of rotatable bonds is 7. The topological polar surface area (TPSA) is 111 Å². The van der Waals surface area contributed by atoms with E-state index in [2.05, 4.69) is 41.9 Å². The summed E-state index contributed by atoms with van der Waals surface area (Å²) in [6, 6.07) is 13.0. The molecule has 0 atom stereocenters. The minimum atomic E-state index is -0.343. The molecule has 8 nitrogen and oxygen atoms in total. The average molecular weight is 479 g/mol. The van der Waals surface area contributed by atoms with Crippen LogP contribution in [0.15, 0.2) is 53.9 Å². The van der Waals surface area contributed by atoms with E-state index in [1.807, 2.05) is 12.1 Å². The molecule has 0 radical (unpaired) electrons. The third kappa shape index (κ3) is 6.20. The van der Waals surface area contributed by atoms with E-state index in [9.17, 15) is 19.5 Å². The van der Waals surface area contributed by atoms with Gasteiger partial charge in [-0.2, -0.15) is 0 Å². The number of benzene rings is 2. The molecule has 0 aromatic heterocycles. The van der Waals surface area contributed by atoms with Gasteiger partial charge in [0.2, 0.25) is 5.91 Å². The number of phenols is 1. The zero-order chi connectivity index (χ0) is 25.5. The predicted molar refractivity (Wildman–Crippen MR) is 136 cm³/mol. The van der Waals surface area contributed by atoms with Gasteiger partial charge >= 0.3 is 0 Å². The Hall–Kier alpha value is -3.81. The molecule has 0 saturated carbocycles. The van der Waals surface area contributed by atoms with Crippen LogP contribution in [0.2, 0.25) is 0 Å². The molecule has 0 spiro atoms. The lowest BCUT2D eigenvalue weighted by Crippen LogP contribution is -2.42. The minimum absolute atomic E-state index is 0.0474. The van der Waals surface area contributed by atoms with Crippen LogP contribution in [0.25, 0.3) is 0 Å². The van der Waals surface area contributed by atoms with Gasteiger partial charge in [-0.05, 0) is 36.1 Å². The molecule has 2 aromatic rings. The van der Waals surface area contributed by atoms with Crippen molar-refractivity contribution in [2.45, 2.75) is 45.6 Å². The fourth-order valence-electron chi connectivity index (χ4n) is 4.01. The van der Waals surface area contributed by atoms with Gasteiger partial charge in [0.05, 0.1) is 24.2 Å². The van der Waals surface area contributed by atoms with Crippen molar-refractivity contribution in [3.63, 3.8) is 0 Å². The molecule has 0 fully saturated rings. The number of allylic oxidation sites excluding steroid dienone is 2. The van der Waals surface area contributed by atoms with Crippen molar-refractivity contribution in [2.75, 3.05) is 26.0 Å². The van der Waals surface area contributed by atoms with Crippen molar-refractivity contribution < 1.29 is 19.5 Å². The SMILES string of the molecule is CCC.CN(C)C(=O)c1cccc(NC2=C(NCC(=O)NC3Cc4ccccc4C3)CC2=O)c1O. The lowest BCUT2D eigenvalue weighted by atomic mass is 9.98. The largest absolute Gasteiger partial charge is 0.505 e. The summed E-state index contributed by atoms with van der Waals surface area (Å²) in [5, 5.41) is 19.4. The Bertz CT molecular complexity index is 1110. The van der Waals surface area contributed by atoms with Crippen molar-refractivity contribution in [2.24, 2.45) is 0 Å². The van der Waals surface area contributed by atoms with E-state index in [0.29, 0.717) is 5.70 Å². The number of nitrogens with zero attached hydrogens (tertiary/aromatic N) is 1. The number of phenolic OH excluding ortho intramolecular Hbond substituents is 1. The molecule has 35 heavy (non-hydrogen) atoms. The first-order valence-corrected chi connectivity index (χ1v) is 11.9. The van der Waals surface area contributed by atoms with Gasteiger partial charge in [-0.1, -0.05) is 50.6 Å². The molecule has 2 amide bonds. The molecule has 4 rings (SSSR count). The van der Waals surface area contributed by atoms with Crippen LogP contribution in [0.5, 0.6) is 5.75 Å². The Labute approximate surface area is 206 Å². The maximum Gasteiger partial charge on any atom is 0.257 e. The summed E-state index contributed by atoms with van der Waals surface area (Å²) in [7, 11) is 3.19. The van der Waals surface area contributed by atoms with Crippen molar-refractivity contribution >= 4 is 23.3 Å². The second kappa shape index (κ2) is 11.6. The Morgan fingerprint density at radius 1 is 1.03 bits per heavy atom. The van der Waals surface area contributed by atoms with Gasteiger partial charge < -0.3 is 26.0 Å². The molecule has 0 saturated heterocycles. The summed E-state index contributed by atoms with van der Waals surface area (Å²) in [5.41, 5.74) is 3.81. The number of aromatic hydroxyl groups is 1. The highest BCUT2D eigenvalue weighted by Gasteiger charge is 2.29. The third-order valence-electron chi connectivity index (χ3n) is 5.73. The molecule has 0 aliphatic heterocycles. The lowest BCUT2D eigenvalue weighted by molar-refractivity contribution is -0.121. The first-order valence-electron chi connectivity index (χ1n) is 11.9. The Morgan fingerprint density at radius 2 is 1.66 bits per heavy atom. The standard InChI is InChI=1S/C24H26N4O4.C3H8/c1-28(2)24(32)17-8-5-9-18(23(17)31)27-22-19(12-20(22)29)25-13-21(30)26-16-10-14-6-3-4-7-15(14)11-16;1-3-2/h3-9,16,25,27,31H,10-13H2,1-2H3,(H,26,30);3H2,1-2H3. The van der Waals surface area contributed by atoms with Crippen LogP contribution in [0, 0.1) is 0 Å². The Balaban J connectivity index is 0.00000108. The number of ketones is 1. The normalized spacial score (nSPS) is 14.3. The second-order valence-electron chi connectivity index (χ2n) is 8.98. The van der Waals surface area contributed by atoms with Gasteiger partial charge in [-0.3, -0.25) is 14.4 Å². The van der Waals surface area contributed by atoms with E-state index < -0.39 is 0 Å². The number of nitrogens with one attached hydrogen (secondary N) is 3. The van der Waals surface area contributed by atoms with Gasteiger partial charge in [0.1, 0.15) is 5.70 Å². The van der Waals surface area contributed by atoms with Crippen LogP contribution in [0.4, 0.5) is 5.69 Å². The molecular weight excluding hydrogens is 444 g/mol. The molecule has 0 unspecified atom stereocenters. The van der Waals surface area contributed by atoms with E-state index in [1.54, 1.807) is 26.2 Å². The molecule has 8 heteroatoms. The van der Waals surface area contributed by atoms with Gasteiger partial charge in [0.25, 0.3) is 5.91 Å². The zero-order valence-electron chi connectivity index (χ0n) is 20.8. The lowest BCUT2D eigenvalue weighted by Gasteiger charge is -2.25. The van der Waals surface area contributed by atoms with Crippen LogP contribution >= 0.6 is 0 Å². The molecule has 2 aliphatic rings. The van der Waals surface area contributed by atoms with Crippen LogP contribution < -0.4 is 16.0 Å². The first kappa shape index (κ1) is 25.8. The summed E-state index contributed by atoms with van der Waals surface area (Å²) < 4.78 is 0. The molecular formula is C27H34N4O4. The fraction of sp³-hybridized carbons (Fsp3) is 0.370. The highest BCUT2D eigenvalue weighted by molar-refractivity contribution is 6.07. The summed E-state index contributed by atoms with van der Waals surface area (Å²) in [5.74, 6) is -0.848. The average Bonchev–Trinajstić information content (AvgIpc) is 3.23. The zero-order valence-corrected chi connectivity index (χ0v) is 20.8. The predicted octanol–water partition coefficient (Wildman–Crippen LogP) is 2.98. The summed E-state index contributed by atoms with van der Waals surface area (Å²) in [6.07, 6.45) is 3.07. The van der Waals surface area contributed by atoms with Crippen LogP contribution in [-0.2, 0) is 22.4 Å². The number of para-hydroxylation sites is 1. The monoisotopic (exact) mass is 478 g/mol. The molecule has 0 bridgehead atoms. The number of hydrogen-bond donors (Lipinski definition) is 4. The minimum Gasteiger partial charge on any atom is -0.505 e. The highest BCUT2D eigenvalue weighted by atomic mass is 16.3. The molecule has 2 aliphatic carbocycles. The van der Waals surface area contributed by atoms with E-state index >= 15 is 0 Å². The molecule has 4 N–H and O–H groups in total. The van der Waals surface area contributed by atoms with E-state index in [0.717, 1.165) is 12.8 Å². The Morgan fingerprint density at radius 3 is 2.23 bits per heavy atom. The van der Waals surface area contributed by atoms with E-state index in [1.165, 1.54) is 28.5 Å². The third-order valence-corrected chi connectivity index (χ3v) is 5.73. The summed E-state index contributed by atoms with van der Waals surface area (Å²) in [6.45, 7) is 4.30. The number of Topliss-reactive ketones (excluding diaryl/α,β-unsaturated/α-hetero) is 1. The maximum atomic E-state index is 12.4. The maximum absolute atomic E-state index is 12.4. The fourth-order valence-corrected chi connectivity index (χ4v) is 4.01. The van der Waals surface area contributed by atoms with E-state index in [4.69, 9.17) is 0 Å². The number of carbonyl (C=O) groups excluding carboxylic acids is 3. The molecule has 186 valence electrons. The first-order chi connectivity index (χ1) is 16.7. The van der Waals surface area contributed by atoms with Crippen LogP contribution in [0.1, 0.15) is 48.2 Å². The molecule has 2 aromatic carbocycles. The smallest absolute Gasteiger partial charge is 0.257 e. The molecule has 0 heterocycles. The summed E-state index contributed by atoms with van der Waals surface area (Å²) in [4.78, 5) is 38.1. The van der Waals surface area contributed by atoms with Crippen LogP contribution in [-0.4, -0.2) is 54.3 Å². The number of fused-ring (bicyclic) bond motifs is 1. The van der Waals surface area contributed by atoms with Crippen molar-refractivity contribution in [3.05, 3.63) is 70.5 Å². The highest BCUT2D eigenvalue weighted by Crippen LogP contribution is 2.32. The van der Waals surface area contributed by atoms with Crippen molar-refractivity contribution in [1.29, 1.82) is 0 Å². The number of carbonyl (C=O) groups is 3. The van der Waals surface area contributed by atoms with Gasteiger partial charge in [0.15, 0.2) is 11.5 Å². The quantitative estimate of drug-likeness (QED) is 0.456. The number of anilines is 1. The van der Waals surface area contributed by atoms with Gasteiger partial charge in [-0.25, -0.2) is 0 Å².